The number of hydrogen-bond acceptors (Lipinski definition) is 2. The van der Waals surface area contributed by atoms with Crippen LogP contribution in [0.4, 0.5) is 10.1 Å². The number of rotatable bonds is 4. The van der Waals surface area contributed by atoms with Crippen molar-refractivity contribution in [2.24, 2.45) is 0 Å². The van der Waals surface area contributed by atoms with E-state index in [1.165, 1.54) is 12.5 Å². The molecular formula is C15H20FNO2. The van der Waals surface area contributed by atoms with Gasteiger partial charge in [-0.05, 0) is 37.8 Å². The second-order valence-corrected chi connectivity index (χ2v) is 5.07. The number of halogens is 1. The van der Waals surface area contributed by atoms with E-state index in [1.54, 1.807) is 12.1 Å². The lowest BCUT2D eigenvalue weighted by molar-refractivity contribution is 0.0692. The monoisotopic (exact) mass is 265 g/mol. The molecule has 3 nitrogen and oxygen atoms in total. The van der Waals surface area contributed by atoms with Crippen LogP contribution >= 0.6 is 0 Å². The second-order valence-electron chi connectivity index (χ2n) is 5.07. The number of nitrogens with zero attached hydrogens (tertiary/aromatic N) is 1. The Morgan fingerprint density at radius 2 is 2.26 bits per heavy atom. The fraction of sp³-hybridized carbons (Fsp3) is 0.533. The van der Waals surface area contributed by atoms with Gasteiger partial charge in [0.15, 0.2) is 0 Å². The molecule has 0 amide bonds. The summed E-state index contributed by atoms with van der Waals surface area (Å²) in [5.41, 5.74) is 0.344. The van der Waals surface area contributed by atoms with Crippen LogP contribution in [0.5, 0.6) is 0 Å². The highest BCUT2D eigenvalue weighted by molar-refractivity contribution is 5.94. The highest BCUT2D eigenvalue weighted by Gasteiger charge is 2.27. The Balaban J connectivity index is 2.38. The van der Waals surface area contributed by atoms with E-state index in [9.17, 15) is 14.3 Å². The molecule has 0 aliphatic carbocycles. The van der Waals surface area contributed by atoms with Gasteiger partial charge < -0.3 is 10.0 Å². The smallest absolute Gasteiger partial charge is 0.340 e. The SMILES string of the molecule is CCCC1CCCCN1c1cccc(F)c1C(=O)O. The Labute approximate surface area is 113 Å². The molecule has 0 aromatic heterocycles. The summed E-state index contributed by atoms with van der Waals surface area (Å²) >= 11 is 0. The first-order valence-electron chi connectivity index (χ1n) is 6.93. The molecule has 1 aliphatic rings. The first-order valence-corrected chi connectivity index (χ1v) is 6.93. The predicted molar refractivity (Wildman–Crippen MR) is 73.3 cm³/mol. The maximum Gasteiger partial charge on any atom is 0.340 e. The van der Waals surface area contributed by atoms with Crippen molar-refractivity contribution in [3.63, 3.8) is 0 Å². The average molecular weight is 265 g/mol. The maximum absolute atomic E-state index is 13.8. The molecule has 19 heavy (non-hydrogen) atoms. The van der Waals surface area contributed by atoms with Crippen molar-refractivity contribution in [1.29, 1.82) is 0 Å². The first-order chi connectivity index (χ1) is 9.15. The van der Waals surface area contributed by atoms with E-state index in [0.717, 1.165) is 32.2 Å². The largest absolute Gasteiger partial charge is 0.478 e. The van der Waals surface area contributed by atoms with Gasteiger partial charge in [-0.2, -0.15) is 0 Å². The Bertz CT molecular complexity index is 459. The van der Waals surface area contributed by atoms with Gasteiger partial charge >= 0.3 is 5.97 Å². The fourth-order valence-corrected chi connectivity index (χ4v) is 2.91. The van der Waals surface area contributed by atoms with Crippen molar-refractivity contribution < 1.29 is 14.3 Å². The third kappa shape index (κ3) is 2.88. The van der Waals surface area contributed by atoms with Crippen molar-refractivity contribution in [1.82, 2.24) is 0 Å². The minimum absolute atomic E-state index is 0.189. The lowest BCUT2D eigenvalue weighted by Gasteiger charge is -2.38. The van der Waals surface area contributed by atoms with Gasteiger partial charge in [0.05, 0.1) is 5.69 Å². The molecule has 0 spiro atoms. The molecule has 1 aliphatic heterocycles. The lowest BCUT2D eigenvalue weighted by Crippen LogP contribution is -2.40. The number of carboxylic acids is 1. The summed E-state index contributed by atoms with van der Waals surface area (Å²) in [4.78, 5) is 13.4. The molecule has 1 fully saturated rings. The number of aromatic carboxylic acids is 1. The van der Waals surface area contributed by atoms with Crippen LogP contribution in [0.2, 0.25) is 0 Å². The van der Waals surface area contributed by atoms with Crippen LogP contribution in [0.15, 0.2) is 18.2 Å². The van der Waals surface area contributed by atoms with E-state index < -0.39 is 11.8 Å². The Morgan fingerprint density at radius 3 is 2.95 bits per heavy atom. The molecule has 1 aromatic carbocycles. The molecule has 2 rings (SSSR count). The average Bonchev–Trinajstić information content (AvgIpc) is 2.39. The van der Waals surface area contributed by atoms with Crippen molar-refractivity contribution in [2.75, 3.05) is 11.4 Å². The highest BCUT2D eigenvalue weighted by Crippen LogP contribution is 2.31. The third-order valence-corrected chi connectivity index (χ3v) is 3.76. The lowest BCUT2D eigenvalue weighted by atomic mass is 9.96. The van der Waals surface area contributed by atoms with Crippen molar-refractivity contribution >= 4 is 11.7 Å². The number of carboxylic acid groups (broad SMARTS) is 1. The van der Waals surface area contributed by atoms with E-state index in [-0.39, 0.29) is 5.56 Å². The number of piperidine rings is 1. The van der Waals surface area contributed by atoms with Crippen LogP contribution in [-0.2, 0) is 0 Å². The van der Waals surface area contributed by atoms with Crippen LogP contribution in [0.1, 0.15) is 49.4 Å². The molecule has 0 bridgehead atoms. The minimum atomic E-state index is -1.19. The zero-order valence-corrected chi connectivity index (χ0v) is 11.2. The molecule has 4 heteroatoms. The Kier molecular flexibility index (Phi) is 4.40. The summed E-state index contributed by atoms with van der Waals surface area (Å²) in [6, 6.07) is 4.86. The van der Waals surface area contributed by atoms with Crippen molar-refractivity contribution in [2.45, 2.75) is 45.1 Å². The molecule has 1 aromatic rings. The van der Waals surface area contributed by atoms with Crippen LogP contribution in [0.25, 0.3) is 0 Å². The van der Waals surface area contributed by atoms with Gasteiger partial charge in [0.2, 0.25) is 0 Å². The van der Waals surface area contributed by atoms with Gasteiger partial charge in [0.1, 0.15) is 11.4 Å². The van der Waals surface area contributed by atoms with E-state index in [0.29, 0.717) is 11.7 Å². The van der Waals surface area contributed by atoms with E-state index in [4.69, 9.17) is 0 Å². The standard InChI is InChI=1S/C15H20FNO2/c1-2-6-11-7-3-4-10-17(11)13-9-5-8-12(16)14(13)15(18)19/h5,8-9,11H,2-4,6-7,10H2,1H3,(H,18,19). The molecule has 1 atom stereocenters. The quantitative estimate of drug-likeness (QED) is 0.902. The van der Waals surface area contributed by atoms with Gasteiger partial charge in [0.25, 0.3) is 0 Å². The summed E-state index contributed by atoms with van der Waals surface area (Å²) < 4.78 is 13.8. The number of carbonyl (C=O) groups is 1. The van der Waals surface area contributed by atoms with Crippen LogP contribution in [-0.4, -0.2) is 23.7 Å². The van der Waals surface area contributed by atoms with Crippen LogP contribution in [0, 0.1) is 5.82 Å². The fourth-order valence-electron chi connectivity index (χ4n) is 2.91. The van der Waals surface area contributed by atoms with Gasteiger partial charge in [0, 0.05) is 12.6 Å². The normalized spacial score (nSPS) is 19.5. The Morgan fingerprint density at radius 1 is 1.47 bits per heavy atom. The Hall–Kier alpha value is -1.58. The zero-order chi connectivity index (χ0) is 13.8. The van der Waals surface area contributed by atoms with E-state index in [1.807, 2.05) is 0 Å². The molecule has 0 radical (unpaired) electrons. The highest BCUT2D eigenvalue weighted by atomic mass is 19.1. The van der Waals surface area contributed by atoms with Crippen LogP contribution in [0.3, 0.4) is 0 Å². The summed E-state index contributed by atoms with van der Waals surface area (Å²) in [6.07, 6.45) is 5.34. The van der Waals surface area contributed by atoms with Gasteiger partial charge in [-0.25, -0.2) is 9.18 Å². The van der Waals surface area contributed by atoms with E-state index in [2.05, 4.69) is 11.8 Å². The topological polar surface area (TPSA) is 40.5 Å². The number of anilines is 1. The minimum Gasteiger partial charge on any atom is -0.478 e. The van der Waals surface area contributed by atoms with Gasteiger partial charge in [-0.1, -0.05) is 19.4 Å². The molecule has 104 valence electrons. The van der Waals surface area contributed by atoms with Gasteiger partial charge in [-0.3, -0.25) is 0 Å². The molecule has 1 unspecified atom stereocenters. The third-order valence-electron chi connectivity index (χ3n) is 3.76. The summed E-state index contributed by atoms with van der Waals surface area (Å²) in [7, 11) is 0. The predicted octanol–water partition coefficient (Wildman–Crippen LogP) is 3.68. The first kappa shape index (κ1) is 13.8. The zero-order valence-electron chi connectivity index (χ0n) is 11.2. The molecular weight excluding hydrogens is 245 g/mol. The van der Waals surface area contributed by atoms with Crippen LogP contribution < -0.4 is 4.90 Å². The second kappa shape index (κ2) is 6.04. The van der Waals surface area contributed by atoms with E-state index >= 15 is 0 Å². The van der Waals surface area contributed by atoms with Gasteiger partial charge in [-0.15, -0.1) is 0 Å². The number of benzene rings is 1. The molecule has 0 saturated carbocycles. The summed E-state index contributed by atoms with van der Waals surface area (Å²) in [5, 5.41) is 9.23. The van der Waals surface area contributed by atoms with Crippen molar-refractivity contribution in [3.8, 4) is 0 Å². The molecule has 1 heterocycles. The molecule has 1 N–H and O–H groups in total. The summed E-state index contributed by atoms with van der Waals surface area (Å²) in [5.74, 6) is -1.83. The molecule has 1 saturated heterocycles. The number of hydrogen-bond donors (Lipinski definition) is 1. The summed E-state index contributed by atoms with van der Waals surface area (Å²) in [6.45, 7) is 2.94. The van der Waals surface area contributed by atoms with Crippen molar-refractivity contribution in [3.05, 3.63) is 29.6 Å². The maximum atomic E-state index is 13.8.